The number of nitrogens with zero attached hydrogens (tertiary/aromatic N) is 1. The molecule has 26 heavy (non-hydrogen) atoms. The number of benzene rings is 3. The van der Waals surface area contributed by atoms with Crippen molar-refractivity contribution in [3.63, 3.8) is 0 Å². The molecule has 0 bridgehead atoms. The molecule has 0 aliphatic rings. The average Bonchev–Trinajstić information content (AvgIpc) is 2.62. The van der Waals surface area contributed by atoms with Gasteiger partial charge in [0.2, 0.25) is 0 Å². The smallest absolute Gasteiger partial charge is 0.744 e. The van der Waals surface area contributed by atoms with Crippen LogP contribution in [-0.4, -0.2) is 13.0 Å². The summed E-state index contributed by atoms with van der Waals surface area (Å²) in [5, 5.41) is 0. The van der Waals surface area contributed by atoms with Gasteiger partial charge in [-0.05, 0) is 35.4 Å². The van der Waals surface area contributed by atoms with Gasteiger partial charge >= 0.3 is 29.6 Å². The third-order valence-corrected chi connectivity index (χ3v) is 4.77. The van der Waals surface area contributed by atoms with Crippen molar-refractivity contribution in [1.82, 2.24) is 0 Å². The van der Waals surface area contributed by atoms with E-state index in [1.165, 1.54) is 12.1 Å². The van der Waals surface area contributed by atoms with Gasteiger partial charge in [-0.2, -0.15) is 0 Å². The monoisotopic (exact) mass is 375 g/mol. The van der Waals surface area contributed by atoms with Crippen molar-refractivity contribution in [3.05, 3.63) is 96.1 Å². The second kappa shape index (κ2) is 9.35. The van der Waals surface area contributed by atoms with Crippen molar-refractivity contribution >= 4 is 15.8 Å². The normalized spacial score (nSPS) is 10.8. The largest absolute Gasteiger partial charge is 1.00 e. The molecule has 0 fully saturated rings. The van der Waals surface area contributed by atoms with Crippen molar-refractivity contribution in [2.24, 2.45) is 0 Å². The minimum atomic E-state index is -4.43. The minimum absolute atomic E-state index is 0. The molecule has 0 aliphatic heterocycles. The summed E-state index contributed by atoms with van der Waals surface area (Å²) in [5.41, 5.74) is 3.16. The molecule has 0 N–H and O–H groups in total. The molecule has 3 aromatic carbocycles. The van der Waals surface area contributed by atoms with Gasteiger partial charge in [-0.1, -0.05) is 60.7 Å². The number of hydrogen-bond acceptors (Lipinski definition) is 4. The van der Waals surface area contributed by atoms with E-state index in [2.05, 4.69) is 29.2 Å². The molecule has 0 saturated heterocycles. The standard InChI is InChI=1S/C20H19NO3S.Na/c22-25(23,24)20-13-11-19(12-14-20)21(15-17-7-3-1-4-8-17)16-18-9-5-2-6-10-18;/h1-14H,15-16H2,(H,22,23,24);/q;+1/p-1. The van der Waals surface area contributed by atoms with Gasteiger partial charge in [0.05, 0.1) is 4.90 Å². The van der Waals surface area contributed by atoms with Crippen LogP contribution in [0.15, 0.2) is 89.8 Å². The van der Waals surface area contributed by atoms with Gasteiger partial charge in [0.15, 0.2) is 0 Å². The maximum Gasteiger partial charge on any atom is 1.00 e. The number of anilines is 1. The maximum atomic E-state index is 11.1. The Morgan fingerprint density at radius 3 is 1.50 bits per heavy atom. The van der Waals surface area contributed by atoms with E-state index in [-0.39, 0.29) is 34.5 Å². The van der Waals surface area contributed by atoms with Gasteiger partial charge in [0.1, 0.15) is 10.1 Å². The Labute approximate surface area is 176 Å². The van der Waals surface area contributed by atoms with Crippen LogP contribution in [0.2, 0.25) is 0 Å². The summed E-state index contributed by atoms with van der Waals surface area (Å²) in [4.78, 5) is 1.93. The minimum Gasteiger partial charge on any atom is -0.744 e. The van der Waals surface area contributed by atoms with E-state index in [9.17, 15) is 13.0 Å². The summed E-state index contributed by atoms with van der Waals surface area (Å²) < 4.78 is 33.4. The van der Waals surface area contributed by atoms with Gasteiger partial charge in [0, 0.05) is 18.8 Å². The third-order valence-electron chi connectivity index (χ3n) is 3.92. The van der Waals surface area contributed by atoms with Crippen LogP contribution in [0.5, 0.6) is 0 Å². The van der Waals surface area contributed by atoms with E-state index in [1.807, 2.05) is 36.4 Å². The van der Waals surface area contributed by atoms with Crippen LogP contribution in [-0.2, 0) is 23.2 Å². The van der Waals surface area contributed by atoms with E-state index in [0.29, 0.717) is 13.1 Å². The fraction of sp³-hybridized carbons (Fsp3) is 0.100. The first-order valence-electron chi connectivity index (χ1n) is 7.91. The van der Waals surface area contributed by atoms with Gasteiger partial charge in [-0.3, -0.25) is 0 Å². The zero-order valence-electron chi connectivity index (χ0n) is 14.6. The molecule has 0 heterocycles. The molecule has 0 saturated carbocycles. The summed E-state index contributed by atoms with van der Waals surface area (Å²) in [6, 6.07) is 26.2. The van der Waals surface area contributed by atoms with Crippen LogP contribution in [0, 0.1) is 0 Å². The topological polar surface area (TPSA) is 60.4 Å². The van der Waals surface area contributed by atoms with Crippen molar-refractivity contribution in [3.8, 4) is 0 Å². The SMILES string of the molecule is O=S(=O)([O-])c1ccc(N(Cc2ccccc2)Cc2ccccc2)cc1.[Na+]. The molecule has 0 spiro atoms. The predicted molar refractivity (Wildman–Crippen MR) is 97.2 cm³/mol. The van der Waals surface area contributed by atoms with Crippen molar-refractivity contribution < 1.29 is 42.5 Å². The van der Waals surface area contributed by atoms with E-state index < -0.39 is 10.1 Å². The molecule has 6 heteroatoms. The Morgan fingerprint density at radius 1 is 0.692 bits per heavy atom. The summed E-state index contributed by atoms with van der Waals surface area (Å²) >= 11 is 0. The Kier molecular flexibility index (Phi) is 7.43. The number of hydrogen-bond donors (Lipinski definition) is 0. The molecule has 0 unspecified atom stereocenters. The summed E-state index contributed by atoms with van der Waals surface area (Å²) in [7, 11) is -4.43. The molecule has 128 valence electrons. The molecule has 0 atom stereocenters. The van der Waals surface area contributed by atoms with E-state index >= 15 is 0 Å². The molecule has 0 radical (unpaired) electrons. The van der Waals surface area contributed by atoms with Gasteiger partial charge in [-0.25, -0.2) is 8.42 Å². The van der Waals surface area contributed by atoms with Crippen LogP contribution < -0.4 is 34.5 Å². The van der Waals surface area contributed by atoms with Crippen LogP contribution in [0.1, 0.15) is 11.1 Å². The Balaban J connectivity index is 0.00000243. The molecule has 3 rings (SSSR count). The molecule has 3 aromatic rings. The van der Waals surface area contributed by atoms with E-state index in [0.717, 1.165) is 16.8 Å². The van der Waals surface area contributed by atoms with Gasteiger partial charge in [-0.15, -0.1) is 0 Å². The van der Waals surface area contributed by atoms with Crippen LogP contribution in [0.3, 0.4) is 0 Å². The first-order chi connectivity index (χ1) is 12.0. The fourth-order valence-electron chi connectivity index (χ4n) is 2.67. The van der Waals surface area contributed by atoms with Crippen LogP contribution >= 0.6 is 0 Å². The second-order valence-corrected chi connectivity index (χ2v) is 7.15. The molecular formula is C20H18NNaO3S. The predicted octanol–water partition coefficient (Wildman–Crippen LogP) is 0.802. The van der Waals surface area contributed by atoms with Crippen LogP contribution in [0.25, 0.3) is 0 Å². The molecule has 0 amide bonds. The Bertz CT molecular complexity index is 873. The molecular weight excluding hydrogens is 357 g/mol. The molecule has 0 aliphatic carbocycles. The molecule has 4 nitrogen and oxygen atoms in total. The van der Waals surface area contributed by atoms with Gasteiger partial charge < -0.3 is 9.45 Å². The first kappa shape index (κ1) is 20.7. The first-order valence-corrected chi connectivity index (χ1v) is 9.32. The molecule has 0 aromatic heterocycles. The van der Waals surface area contributed by atoms with Crippen molar-refractivity contribution in [2.75, 3.05) is 4.90 Å². The fourth-order valence-corrected chi connectivity index (χ4v) is 3.14. The van der Waals surface area contributed by atoms with Crippen molar-refractivity contribution in [2.45, 2.75) is 18.0 Å². The Morgan fingerprint density at radius 2 is 1.12 bits per heavy atom. The van der Waals surface area contributed by atoms with E-state index in [1.54, 1.807) is 12.1 Å². The van der Waals surface area contributed by atoms with Gasteiger partial charge in [0.25, 0.3) is 0 Å². The zero-order chi connectivity index (χ0) is 17.7. The third kappa shape index (κ3) is 5.69. The summed E-state index contributed by atoms with van der Waals surface area (Å²) in [6.07, 6.45) is 0. The Hall–Kier alpha value is -1.63. The summed E-state index contributed by atoms with van der Waals surface area (Å²) in [6.45, 7) is 1.36. The maximum absolute atomic E-state index is 11.1. The summed E-state index contributed by atoms with van der Waals surface area (Å²) in [5.74, 6) is 0. The average molecular weight is 375 g/mol. The second-order valence-electron chi connectivity index (χ2n) is 5.78. The van der Waals surface area contributed by atoms with Crippen LogP contribution in [0.4, 0.5) is 5.69 Å². The number of rotatable bonds is 6. The van der Waals surface area contributed by atoms with E-state index in [4.69, 9.17) is 0 Å². The zero-order valence-corrected chi connectivity index (χ0v) is 17.4. The van der Waals surface area contributed by atoms with Crippen molar-refractivity contribution in [1.29, 1.82) is 0 Å². The quantitative estimate of drug-likeness (QED) is 0.472.